The molecule has 0 aliphatic heterocycles. The fourth-order valence-electron chi connectivity index (χ4n) is 3.11. The number of hydrogen-bond acceptors (Lipinski definition) is 2. The first-order valence-corrected chi connectivity index (χ1v) is 8.24. The molecule has 1 aromatic carbocycles. The summed E-state index contributed by atoms with van der Waals surface area (Å²) in [4.78, 5) is 23.7. The number of hydrogen-bond donors (Lipinski definition) is 2. The molecule has 0 aromatic heterocycles. The summed E-state index contributed by atoms with van der Waals surface area (Å²) in [7, 11) is 0. The van der Waals surface area contributed by atoms with E-state index in [0.29, 0.717) is 12.8 Å². The van der Waals surface area contributed by atoms with Crippen LogP contribution in [-0.4, -0.2) is 17.0 Å². The van der Waals surface area contributed by atoms with Crippen LogP contribution in [0, 0.1) is 11.8 Å². The van der Waals surface area contributed by atoms with E-state index in [1.807, 2.05) is 24.3 Å². The molecule has 0 radical (unpaired) electrons. The first-order chi connectivity index (χ1) is 10.6. The van der Waals surface area contributed by atoms with Gasteiger partial charge in [-0.25, -0.2) is 0 Å². The maximum Gasteiger partial charge on any atom is 0.307 e. The van der Waals surface area contributed by atoms with Gasteiger partial charge in [-0.3, -0.25) is 9.59 Å². The van der Waals surface area contributed by atoms with Crippen LogP contribution in [0.3, 0.4) is 0 Å². The number of benzene rings is 1. The Morgan fingerprint density at radius 2 is 1.77 bits per heavy atom. The molecule has 1 fully saturated rings. The number of aryl methyl sites for hydroxylation is 1. The van der Waals surface area contributed by atoms with Crippen LogP contribution in [0.1, 0.15) is 51.0 Å². The Hall–Kier alpha value is -1.84. The van der Waals surface area contributed by atoms with Crippen molar-refractivity contribution in [3.8, 4) is 0 Å². The molecule has 1 saturated carbocycles. The molecule has 22 heavy (non-hydrogen) atoms. The lowest BCUT2D eigenvalue weighted by molar-refractivity contribution is -0.147. The molecule has 2 atom stereocenters. The number of carbonyl (C=O) groups is 2. The molecule has 4 heteroatoms. The largest absolute Gasteiger partial charge is 0.481 e. The molecular weight excluding hydrogens is 278 g/mol. The van der Waals surface area contributed by atoms with E-state index in [2.05, 4.69) is 12.2 Å². The number of anilines is 1. The summed E-state index contributed by atoms with van der Waals surface area (Å²) in [5.41, 5.74) is 2.01. The van der Waals surface area contributed by atoms with Gasteiger partial charge in [-0.05, 0) is 43.4 Å². The number of rotatable bonds is 6. The van der Waals surface area contributed by atoms with E-state index in [9.17, 15) is 14.7 Å². The van der Waals surface area contributed by atoms with Gasteiger partial charge in [-0.15, -0.1) is 0 Å². The zero-order chi connectivity index (χ0) is 15.9. The van der Waals surface area contributed by atoms with E-state index in [4.69, 9.17) is 0 Å². The Kier molecular flexibility index (Phi) is 5.99. The van der Waals surface area contributed by atoms with Crippen molar-refractivity contribution in [3.63, 3.8) is 0 Å². The van der Waals surface area contributed by atoms with Gasteiger partial charge >= 0.3 is 5.97 Å². The van der Waals surface area contributed by atoms with Gasteiger partial charge in [0.05, 0.1) is 11.8 Å². The molecule has 1 aromatic rings. The van der Waals surface area contributed by atoms with Gasteiger partial charge in [0.15, 0.2) is 0 Å². The molecule has 4 nitrogen and oxygen atoms in total. The monoisotopic (exact) mass is 303 g/mol. The SMILES string of the molecule is CCCCc1ccc(NC(=O)[C@H]2CCCC[C@H]2C(=O)O)cc1. The summed E-state index contributed by atoms with van der Waals surface area (Å²) < 4.78 is 0. The van der Waals surface area contributed by atoms with Gasteiger partial charge < -0.3 is 10.4 Å². The standard InChI is InChI=1S/C18H25NO3/c1-2-3-6-13-9-11-14(12-10-13)19-17(20)15-7-4-5-8-16(15)18(21)22/h9-12,15-16H,2-8H2,1H3,(H,19,20)(H,21,22)/t15-,16+/m0/s1. The molecule has 2 rings (SSSR count). The van der Waals surface area contributed by atoms with Gasteiger partial charge in [0, 0.05) is 5.69 Å². The highest BCUT2D eigenvalue weighted by atomic mass is 16.4. The van der Waals surface area contributed by atoms with Crippen molar-refractivity contribution < 1.29 is 14.7 Å². The van der Waals surface area contributed by atoms with Crippen LogP contribution in [0.25, 0.3) is 0 Å². The molecule has 0 bridgehead atoms. The Bertz CT molecular complexity index is 510. The predicted molar refractivity (Wildman–Crippen MR) is 86.8 cm³/mol. The summed E-state index contributed by atoms with van der Waals surface area (Å²) in [6, 6.07) is 7.87. The molecule has 0 saturated heterocycles. The van der Waals surface area contributed by atoms with E-state index in [1.165, 1.54) is 5.56 Å². The molecule has 2 N–H and O–H groups in total. The van der Waals surface area contributed by atoms with Crippen molar-refractivity contribution >= 4 is 17.6 Å². The zero-order valence-electron chi connectivity index (χ0n) is 13.2. The minimum Gasteiger partial charge on any atom is -0.481 e. The Labute approximate surface area is 131 Å². The van der Waals surface area contributed by atoms with E-state index in [-0.39, 0.29) is 5.91 Å². The Morgan fingerprint density at radius 3 is 2.36 bits per heavy atom. The lowest BCUT2D eigenvalue weighted by Gasteiger charge is -2.27. The van der Waals surface area contributed by atoms with Crippen molar-refractivity contribution in [3.05, 3.63) is 29.8 Å². The van der Waals surface area contributed by atoms with Crippen LogP contribution in [0.5, 0.6) is 0 Å². The number of amides is 1. The molecule has 1 amide bonds. The Balaban J connectivity index is 1.96. The summed E-state index contributed by atoms with van der Waals surface area (Å²) >= 11 is 0. The minimum atomic E-state index is -0.852. The van der Waals surface area contributed by atoms with Gasteiger partial charge in [0.25, 0.3) is 0 Å². The lowest BCUT2D eigenvalue weighted by atomic mass is 9.78. The van der Waals surface area contributed by atoms with Crippen molar-refractivity contribution in [1.82, 2.24) is 0 Å². The average molecular weight is 303 g/mol. The van der Waals surface area contributed by atoms with Gasteiger partial charge in [-0.2, -0.15) is 0 Å². The van der Waals surface area contributed by atoms with Crippen LogP contribution in [0.2, 0.25) is 0 Å². The highest BCUT2D eigenvalue weighted by Crippen LogP contribution is 2.31. The Morgan fingerprint density at radius 1 is 1.14 bits per heavy atom. The van der Waals surface area contributed by atoms with Crippen LogP contribution in [0.4, 0.5) is 5.69 Å². The van der Waals surface area contributed by atoms with Gasteiger partial charge in [-0.1, -0.05) is 38.3 Å². The minimum absolute atomic E-state index is 0.159. The highest BCUT2D eigenvalue weighted by Gasteiger charge is 2.35. The highest BCUT2D eigenvalue weighted by molar-refractivity contribution is 5.95. The van der Waals surface area contributed by atoms with E-state index in [1.54, 1.807) is 0 Å². The first kappa shape index (κ1) is 16.5. The van der Waals surface area contributed by atoms with Crippen molar-refractivity contribution in [2.24, 2.45) is 11.8 Å². The van der Waals surface area contributed by atoms with Crippen LogP contribution >= 0.6 is 0 Å². The van der Waals surface area contributed by atoms with Crippen molar-refractivity contribution in [2.75, 3.05) is 5.32 Å². The topological polar surface area (TPSA) is 66.4 Å². The first-order valence-electron chi connectivity index (χ1n) is 8.24. The molecule has 0 spiro atoms. The smallest absolute Gasteiger partial charge is 0.307 e. The zero-order valence-corrected chi connectivity index (χ0v) is 13.2. The van der Waals surface area contributed by atoms with Crippen LogP contribution in [0.15, 0.2) is 24.3 Å². The maximum atomic E-state index is 12.4. The summed E-state index contributed by atoms with van der Waals surface area (Å²) in [6.45, 7) is 2.16. The third-order valence-electron chi connectivity index (χ3n) is 4.46. The van der Waals surface area contributed by atoms with Gasteiger partial charge in [0.1, 0.15) is 0 Å². The average Bonchev–Trinajstić information content (AvgIpc) is 2.54. The fourth-order valence-corrected chi connectivity index (χ4v) is 3.11. The van der Waals surface area contributed by atoms with Crippen molar-refractivity contribution in [2.45, 2.75) is 51.9 Å². The summed E-state index contributed by atoms with van der Waals surface area (Å²) in [5.74, 6) is -1.97. The quantitative estimate of drug-likeness (QED) is 0.838. The molecular formula is C18H25NO3. The number of aliphatic carboxylic acids is 1. The fraction of sp³-hybridized carbons (Fsp3) is 0.556. The summed E-state index contributed by atoms with van der Waals surface area (Å²) in [5, 5.41) is 12.1. The normalized spacial score (nSPS) is 21.3. The number of carbonyl (C=O) groups excluding carboxylic acids is 1. The number of carboxylic acids is 1. The third-order valence-corrected chi connectivity index (χ3v) is 4.46. The molecule has 1 aliphatic carbocycles. The van der Waals surface area contributed by atoms with Gasteiger partial charge in [0.2, 0.25) is 5.91 Å². The molecule has 120 valence electrons. The van der Waals surface area contributed by atoms with E-state index in [0.717, 1.165) is 37.8 Å². The number of unbranched alkanes of at least 4 members (excludes halogenated alkanes) is 1. The van der Waals surface area contributed by atoms with E-state index < -0.39 is 17.8 Å². The van der Waals surface area contributed by atoms with Crippen LogP contribution in [-0.2, 0) is 16.0 Å². The lowest BCUT2D eigenvalue weighted by Crippen LogP contribution is -2.36. The van der Waals surface area contributed by atoms with E-state index >= 15 is 0 Å². The number of nitrogens with one attached hydrogen (secondary N) is 1. The molecule has 1 aliphatic rings. The second-order valence-corrected chi connectivity index (χ2v) is 6.13. The predicted octanol–water partition coefficient (Wildman–Crippen LogP) is 3.86. The second-order valence-electron chi connectivity index (χ2n) is 6.13. The second kappa shape index (κ2) is 7.97. The number of carboxylic acid groups (broad SMARTS) is 1. The molecule has 0 unspecified atom stereocenters. The van der Waals surface area contributed by atoms with Crippen molar-refractivity contribution in [1.29, 1.82) is 0 Å². The summed E-state index contributed by atoms with van der Waals surface area (Å²) in [6.07, 6.45) is 6.46. The third kappa shape index (κ3) is 4.33. The maximum absolute atomic E-state index is 12.4. The van der Waals surface area contributed by atoms with Crippen LogP contribution < -0.4 is 5.32 Å². The molecule has 0 heterocycles.